The van der Waals surface area contributed by atoms with Crippen LogP contribution in [0.25, 0.3) is 0 Å². The van der Waals surface area contributed by atoms with Gasteiger partial charge >= 0.3 is 0 Å². The molecule has 0 saturated heterocycles. The van der Waals surface area contributed by atoms with Crippen molar-refractivity contribution in [3.63, 3.8) is 0 Å². The summed E-state index contributed by atoms with van der Waals surface area (Å²) in [5.41, 5.74) is 6.04. The predicted molar refractivity (Wildman–Crippen MR) is 67.7 cm³/mol. The molecule has 72 valence electrons. The molecule has 0 aliphatic heterocycles. The maximum atomic E-state index is 2.46. The molecule has 0 saturated carbocycles. The molecule has 13 heavy (non-hydrogen) atoms. The van der Waals surface area contributed by atoms with E-state index in [9.17, 15) is 0 Å². The first-order valence-electron chi connectivity index (χ1n) is 4.90. The second-order valence-electron chi connectivity index (χ2n) is 3.40. The molecule has 1 rings (SSSR count). The Hall–Kier alpha value is -0.0500. The lowest BCUT2D eigenvalue weighted by Gasteiger charge is -2.12. The fraction of sp³-hybridized carbons (Fsp3) is 0.500. The lowest BCUT2D eigenvalue weighted by Crippen LogP contribution is -1.97. The van der Waals surface area contributed by atoms with E-state index in [2.05, 4.69) is 55.5 Å². The largest absolute Gasteiger partial charge is 0.0812 e. The van der Waals surface area contributed by atoms with Crippen LogP contribution in [0.5, 0.6) is 0 Å². The Labute approximate surface area is 94.9 Å². The topological polar surface area (TPSA) is 0 Å². The molecule has 0 atom stereocenters. The first-order valence-corrected chi connectivity index (χ1v) is 6.42. The molecular weight excluding hydrogens is 271 g/mol. The van der Waals surface area contributed by atoms with E-state index in [4.69, 9.17) is 0 Å². The first kappa shape index (κ1) is 11.0. The maximum Gasteiger partial charge on any atom is 0.0252 e. The zero-order valence-corrected chi connectivity index (χ0v) is 10.8. The van der Waals surface area contributed by atoms with Gasteiger partial charge in [-0.3, -0.25) is 0 Å². The minimum Gasteiger partial charge on any atom is -0.0812 e. The highest BCUT2D eigenvalue weighted by Gasteiger charge is 2.05. The van der Waals surface area contributed by atoms with Crippen LogP contribution < -0.4 is 0 Å². The van der Waals surface area contributed by atoms with Crippen molar-refractivity contribution in [1.82, 2.24) is 0 Å². The van der Waals surface area contributed by atoms with Gasteiger partial charge in [-0.2, -0.15) is 0 Å². The van der Waals surface area contributed by atoms with E-state index in [1.54, 1.807) is 5.56 Å². The lowest BCUT2D eigenvalue weighted by atomic mass is 9.96. The molecule has 1 aromatic carbocycles. The smallest absolute Gasteiger partial charge is 0.0252 e. The summed E-state index contributed by atoms with van der Waals surface area (Å²) in [5.74, 6) is 0. The van der Waals surface area contributed by atoms with Gasteiger partial charge in [0, 0.05) is 4.43 Å². The number of rotatable bonds is 3. The minimum atomic E-state index is 1.14. The van der Waals surface area contributed by atoms with E-state index < -0.39 is 0 Å². The quantitative estimate of drug-likeness (QED) is 0.581. The van der Waals surface area contributed by atoms with Crippen LogP contribution in [-0.4, -0.2) is 0 Å². The van der Waals surface area contributed by atoms with Crippen molar-refractivity contribution in [3.05, 3.63) is 34.4 Å². The summed E-state index contributed by atoms with van der Waals surface area (Å²) >= 11 is 2.46. The molecule has 0 fully saturated rings. The molecule has 0 aliphatic rings. The first-order chi connectivity index (χ1) is 6.22. The number of hydrogen-bond donors (Lipinski definition) is 0. The average Bonchev–Trinajstić information content (AvgIpc) is 2.16. The summed E-state index contributed by atoms with van der Waals surface area (Å²) in [4.78, 5) is 0. The van der Waals surface area contributed by atoms with Gasteiger partial charge in [0.25, 0.3) is 0 Å². The fourth-order valence-corrected chi connectivity index (χ4v) is 2.75. The van der Waals surface area contributed by atoms with Crippen LogP contribution >= 0.6 is 22.6 Å². The Kier molecular flexibility index (Phi) is 4.23. The number of hydrogen-bond acceptors (Lipinski definition) is 0. The number of benzene rings is 1. The third kappa shape index (κ3) is 2.46. The molecule has 0 N–H and O–H groups in total. The van der Waals surface area contributed by atoms with Gasteiger partial charge in [-0.05, 0) is 36.5 Å². The molecule has 0 spiro atoms. The van der Waals surface area contributed by atoms with Crippen molar-refractivity contribution in [2.45, 2.75) is 38.0 Å². The molecular formula is C12H17I. The second-order valence-corrected chi connectivity index (χ2v) is 4.17. The molecule has 0 bridgehead atoms. The second kappa shape index (κ2) is 4.99. The Balaban J connectivity index is 3.25. The van der Waals surface area contributed by atoms with Crippen molar-refractivity contribution in [2.75, 3.05) is 0 Å². The monoisotopic (exact) mass is 288 g/mol. The molecule has 0 radical (unpaired) electrons. The van der Waals surface area contributed by atoms with Gasteiger partial charge in [-0.25, -0.2) is 0 Å². The number of aryl methyl sites for hydroxylation is 3. The molecule has 1 heteroatoms. The molecule has 0 unspecified atom stereocenters. The van der Waals surface area contributed by atoms with Crippen LogP contribution in [0.15, 0.2) is 12.1 Å². The Morgan fingerprint density at radius 2 is 1.54 bits per heavy atom. The van der Waals surface area contributed by atoms with E-state index >= 15 is 0 Å². The fourth-order valence-electron chi connectivity index (χ4n) is 1.77. The van der Waals surface area contributed by atoms with Crippen LogP contribution in [0.4, 0.5) is 0 Å². The zero-order chi connectivity index (χ0) is 9.84. The Morgan fingerprint density at radius 1 is 1.08 bits per heavy atom. The molecule has 0 aliphatic carbocycles. The normalized spacial score (nSPS) is 10.5. The van der Waals surface area contributed by atoms with Crippen molar-refractivity contribution in [3.8, 4) is 0 Å². The summed E-state index contributed by atoms with van der Waals surface area (Å²) in [6.07, 6.45) is 2.32. The molecule has 0 nitrogen and oxygen atoms in total. The van der Waals surface area contributed by atoms with Crippen LogP contribution in [0.1, 0.15) is 36.1 Å². The van der Waals surface area contributed by atoms with Gasteiger partial charge in [0.05, 0.1) is 0 Å². The Bertz CT molecular complexity index is 264. The summed E-state index contributed by atoms with van der Waals surface area (Å²) < 4.78 is 1.14. The highest BCUT2D eigenvalue weighted by molar-refractivity contribution is 14.1. The zero-order valence-electron chi connectivity index (χ0n) is 8.65. The van der Waals surface area contributed by atoms with Crippen LogP contribution in [-0.2, 0) is 17.3 Å². The highest BCUT2D eigenvalue weighted by atomic mass is 127. The minimum absolute atomic E-state index is 1.14. The number of halogens is 1. The standard InChI is InChI=1S/C12H17I/c1-4-10-6-9(3)7-11(5-2)12(10)8-13/h6-7H,4-5,8H2,1-3H3. The summed E-state index contributed by atoms with van der Waals surface area (Å²) in [6, 6.07) is 4.65. The number of alkyl halides is 1. The van der Waals surface area contributed by atoms with E-state index in [-0.39, 0.29) is 0 Å². The summed E-state index contributed by atoms with van der Waals surface area (Å²) in [7, 11) is 0. The van der Waals surface area contributed by atoms with Gasteiger partial charge < -0.3 is 0 Å². The third-order valence-electron chi connectivity index (χ3n) is 2.47. The van der Waals surface area contributed by atoms with Gasteiger partial charge in [-0.1, -0.05) is 54.1 Å². The third-order valence-corrected chi connectivity index (χ3v) is 3.24. The molecule has 0 aromatic heterocycles. The van der Waals surface area contributed by atoms with Crippen LogP contribution in [0.2, 0.25) is 0 Å². The summed E-state index contributed by atoms with van der Waals surface area (Å²) in [5, 5.41) is 0. The SMILES string of the molecule is CCc1cc(C)cc(CC)c1CI. The van der Waals surface area contributed by atoms with Crippen LogP contribution in [0.3, 0.4) is 0 Å². The van der Waals surface area contributed by atoms with Crippen LogP contribution in [0, 0.1) is 6.92 Å². The van der Waals surface area contributed by atoms with Gasteiger partial charge in [0.2, 0.25) is 0 Å². The molecule has 0 amide bonds. The van der Waals surface area contributed by atoms with Gasteiger partial charge in [-0.15, -0.1) is 0 Å². The molecule has 0 heterocycles. The van der Waals surface area contributed by atoms with E-state index in [1.807, 2.05) is 0 Å². The van der Waals surface area contributed by atoms with E-state index in [0.717, 1.165) is 17.3 Å². The van der Waals surface area contributed by atoms with Gasteiger partial charge in [0.15, 0.2) is 0 Å². The summed E-state index contributed by atoms with van der Waals surface area (Å²) in [6.45, 7) is 6.67. The maximum absolute atomic E-state index is 2.46. The van der Waals surface area contributed by atoms with Crippen molar-refractivity contribution in [2.24, 2.45) is 0 Å². The average molecular weight is 288 g/mol. The lowest BCUT2D eigenvalue weighted by molar-refractivity contribution is 1.03. The van der Waals surface area contributed by atoms with Crippen molar-refractivity contribution < 1.29 is 0 Å². The highest BCUT2D eigenvalue weighted by Crippen LogP contribution is 2.21. The predicted octanol–water partition coefficient (Wildman–Crippen LogP) is 4.05. The Morgan fingerprint density at radius 3 is 1.85 bits per heavy atom. The van der Waals surface area contributed by atoms with E-state index in [1.165, 1.54) is 16.7 Å². The van der Waals surface area contributed by atoms with Crippen molar-refractivity contribution >= 4 is 22.6 Å². The van der Waals surface area contributed by atoms with Gasteiger partial charge in [0.1, 0.15) is 0 Å². The molecule has 1 aromatic rings. The van der Waals surface area contributed by atoms with Crippen molar-refractivity contribution in [1.29, 1.82) is 0 Å². The van der Waals surface area contributed by atoms with E-state index in [0.29, 0.717) is 0 Å².